The van der Waals surface area contributed by atoms with Crippen LogP contribution >= 0.6 is 11.3 Å². The number of hydrogen-bond acceptors (Lipinski definition) is 4. The first kappa shape index (κ1) is 11.8. The summed E-state index contributed by atoms with van der Waals surface area (Å²) in [7, 11) is 0. The lowest BCUT2D eigenvalue weighted by Crippen LogP contribution is -2.45. The maximum atomic E-state index is 11.8. The molecular weight excluding hydrogens is 242 g/mol. The molecule has 0 bridgehead atoms. The zero-order valence-electron chi connectivity index (χ0n) is 9.13. The summed E-state index contributed by atoms with van der Waals surface area (Å²) in [5, 5.41) is 14.3. The molecule has 0 unspecified atom stereocenters. The standard InChI is InChI=1S/C10H13N3O3S/c14-9(15)7-2-1-4-13(7)10(16)12-6-8-11-3-5-17-8/h3,5,7H,1-2,4,6H2,(H,12,16)(H,14,15)/t7-/m1/s1. The highest BCUT2D eigenvalue weighted by atomic mass is 32.1. The third-order valence-corrected chi connectivity index (χ3v) is 3.45. The molecule has 1 aliphatic heterocycles. The molecule has 17 heavy (non-hydrogen) atoms. The van der Waals surface area contributed by atoms with Gasteiger partial charge in [0.25, 0.3) is 0 Å². The van der Waals surface area contributed by atoms with Gasteiger partial charge in [-0.15, -0.1) is 11.3 Å². The Balaban J connectivity index is 1.89. The Hall–Kier alpha value is -1.63. The molecule has 0 aliphatic carbocycles. The van der Waals surface area contributed by atoms with Gasteiger partial charge in [0, 0.05) is 18.1 Å². The number of aliphatic carboxylic acids is 1. The van der Waals surface area contributed by atoms with Crippen LogP contribution in [0.25, 0.3) is 0 Å². The SMILES string of the molecule is O=C(O)[C@H]1CCCN1C(=O)NCc1nccs1. The molecule has 2 rings (SSSR count). The van der Waals surface area contributed by atoms with Gasteiger partial charge in [0.1, 0.15) is 11.0 Å². The molecule has 2 amide bonds. The zero-order chi connectivity index (χ0) is 12.3. The molecule has 92 valence electrons. The quantitative estimate of drug-likeness (QED) is 0.840. The van der Waals surface area contributed by atoms with E-state index in [4.69, 9.17) is 5.11 Å². The van der Waals surface area contributed by atoms with Gasteiger partial charge >= 0.3 is 12.0 Å². The van der Waals surface area contributed by atoms with E-state index in [2.05, 4.69) is 10.3 Å². The van der Waals surface area contributed by atoms with E-state index >= 15 is 0 Å². The molecule has 1 saturated heterocycles. The molecule has 0 saturated carbocycles. The first-order valence-corrected chi connectivity index (χ1v) is 6.22. The number of nitrogens with one attached hydrogen (secondary N) is 1. The summed E-state index contributed by atoms with van der Waals surface area (Å²) in [6.45, 7) is 0.847. The van der Waals surface area contributed by atoms with Gasteiger partial charge in [0.15, 0.2) is 0 Å². The Bertz CT molecular complexity index is 407. The summed E-state index contributed by atoms with van der Waals surface area (Å²) in [5.41, 5.74) is 0. The zero-order valence-corrected chi connectivity index (χ0v) is 9.94. The maximum absolute atomic E-state index is 11.8. The van der Waals surface area contributed by atoms with Crippen molar-refractivity contribution in [1.29, 1.82) is 0 Å². The third kappa shape index (κ3) is 2.73. The number of aromatic nitrogens is 1. The van der Waals surface area contributed by atoms with E-state index in [1.54, 1.807) is 6.20 Å². The van der Waals surface area contributed by atoms with Crippen LogP contribution < -0.4 is 5.32 Å². The van der Waals surface area contributed by atoms with Crippen molar-refractivity contribution in [2.45, 2.75) is 25.4 Å². The van der Waals surface area contributed by atoms with Crippen molar-refractivity contribution in [2.24, 2.45) is 0 Å². The van der Waals surface area contributed by atoms with Crippen LogP contribution in [-0.2, 0) is 11.3 Å². The van der Waals surface area contributed by atoms with Gasteiger partial charge in [0.2, 0.25) is 0 Å². The van der Waals surface area contributed by atoms with Gasteiger partial charge in [0.05, 0.1) is 6.54 Å². The van der Waals surface area contributed by atoms with E-state index in [1.807, 2.05) is 5.38 Å². The Morgan fingerprint density at radius 3 is 3.12 bits per heavy atom. The Kier molecular flexibility index (Phi) is 3.58. The van der Waals surface area contributed by atoms with Gasteiger partial charge in [-0.2, -0.15) is 0 Å². The van der Waals surface area contributed by atoms with Crippen LogP contribution in [0.15, 0.2) is 11.6 Å². The van der Waals surface area contributed by atoms with Crippen molar-refractivity contribution < 1.29 is 14.7 Å². The summed E-state index contributed by atoms with van der Waals surface area (Å²) >= 11 is 1.45. The molecule has 1 aromatic rings. The average molecular weight is 255 g/mol. The number of urea groups is 1. The molecule has 7 heteroatoms. The van der Waals surface area contributed by atoms with E-state index in [-0.39, 0.29) is 6.03 Å². The monoisotopic (exact) mass is 255 g/mol. The Morgan fingerprint density at radius 2 is 2.47 bits per heavy atom. The molecule has 1 fully saturated rings. The number of carboxylic acid groups (broad SMARTS) is 1. The summed E-state index contributed by atoms with van der Waals surface area (Å²) in [6.07, 6.45) is 2.93. The van der Waals surface area contributed by atoms with E-state index in [9.17, 15) is 9.59 Å². The van der Waals surface area contributed by atoms with E-state index in [0.717, 1.165) is 11.4 Å². The van der Waals surface area contributed by atoms with Crippen LogP contribution in [0.5, 0.6) is 0 Å². The molecule has 0 spiro atoms. The fraction of sp³-hybridized carbons (Fsp3) is 0.500. The second-order valence-corrected chi connectivity index (χ2v) is 4.75. The van der Waals surface area contributed by atoms with Crippen molar-refractivity contribution in [2.75, 3.05) is 6.54 Å². The lowest BCUT2D eigenvalue weighted by molar-refractivity contribution is -0.141. The summed E-state index contributed by atoms with van der Waals surface area (Å²) in [6, 6.07) is -1.02. The lowest BCUT2D eigenvalue weighted by atomic mass is 10.2. The summed E-state index contributed by atoms with van der Waals surface area (Å²) in [5.74, 6) is -0.938. The number of likely N-dealkylation sites (tertiary alicyclic amines) is 1. The predicted molar refractivity (Wildman–Crippen MR) is 61.7 cm³/mol. The number of carbonyl (C=O) groups excluding carboxylic acids is 1. The summed E-state index contributed by atoms with van der Waals surface area (Å²) < 4.78 is 0. The van der Waals surface area contributed by atoms with Crippen molar-refractivity contribution in [3.05, 3.63) is 16.6 Å². The average Bonchev–Trinajstić information content (AvgIpc) is 2.96. The number of rotatable bonds is 3. The normalized spacial score (nSPS) is 19.3. The molecule has 0 radical (unpaired) electrons. The van der Waals surface area contributed by atoms with Crippen molar-refractivity contribution >= 4 is 23.3 Å². The third-order valence-electron chi connectivity index (χ3n) is 2.67. The Morgan fingerprint density at radius 1 is 1.65 bits per heavy atom. The van der Waals surface area contributed by atoms with Crippen LogP contribution in [0.1, 0.15) is 17.8 Å². The van der Waals surface area contributed by atoms with Crippen molar-refractivity contribution in [3.63, 3.8) is 0 Å². The van der Waals surface area contributed by atoms with Crippen LogP contribution in [0, 0.1) is 0 Å². The van der Waals surface area contributed by atoms with Crippen LogP contribution in [-0.4, -0.2) is 39.6 Å². The molecule has 6 nitrogen and oxygen atoms in total. The Labute approximate surface area is 102 Å². The van der Waals surface area contributed by atoms with E-state index in [1.165, 1.54) is 16.2 Å². The lowest BCUT2D eigenvalue weighted by Gasteiger charge is -2.21. The molecule has 2 N–H and O–H groups in total. The number of carbonyl (C=O) groups is 2. The fourth-order valence-electron chi connectivity index (χ4n) is 1.86. The van der Waals surface area contributed by atoms with Gasteiger partial charge in [-0.1, -0.05) is 0 Å². The fourth-order valence-corrected chi connectivity index (χ4v) is 2.42. The van der Waals surface area contributed by atoms with Crippen LogP contribution in [0.2, 0.25) is 0 Å². The van der Waals surface area contributed by atoms with Gasteiger partial charge in [-0.05, 0) is 12.8 Å². The second kappa shape index (κ2) is 5.13. The molecule has 0 aromatic carbocycles. The summed E-state index contributed by atoms with van der Waals surface area (Å²) in [4.78, 5) is 28.1. The largest absolute Gasteiger partial charge is 0.480 e. The van der Waals surface area contributed by atoms with E-state index in [0.29, 0.717) is 19.5 Å². The van der Waals surface area contributed by atoms with Gasteiger partial charge < -0.3 is 15.3 Å². The minimum absolute atomic E-state index is 0.329. The van der Waals surface area contributed by atoms with E-state index < -0.39 is 12.0 Å². The van der Waals surface area contributed by atoms with Crippen LogP contribution in [0.3, 0.4) is 0 Å². The molecule has 1 aromatic heterocycles. The predicted octanol–water partition coefficient (Wildman–Crippen LogP) is 0.902. The number of carboxylic acids is 1. The topological polar surface area (TPSA) is 82.5 Å². The molecule has 1 atom stereocenters. The van der Waals surface area contributed by atoms with Crippen molar-refractivity contribution in [3.8, 4) is 0 Å². The first-order valence-electron chi connectivity index (χ1n) is 5.34. The highest BCUT2D eigenvalue weighted by Gasteiger charge is 2.33. The smallest absolute Gasteiger partial charge is 0.326 e. The molecule has 1 aliphatic rings. The molecular formula is C10H13N3O3S. The maximum Gasteiger partial charge on any atom is 0.326 e. The number of amides is 2. The molecule has 2 heterocycles. The van der Waals surface area contributed by atoms with Gasteiger partial charge in [-0.3, -0.25) is 0 Å². The van der Waals surface area contributed by atoms with Crippen molar-refractivity contribution in [1.82, 2.24) is 15.2 Å². The number of nitrogens with zero attached hydrogens (tertiary/aromatic N) is 2. The number of hydrogen-bond donors (Lipinski definition) is 2. The highest BCUT2D eigenvalue weighted by molar-refractivity contribution is 7.09. The van der Waals surface area contributed by atoms with Gasteiger partial charge in [-0.25, -0.2) is 14.6 Å². The minimum Gasteiger partial charge on any atom is -0.480 e. The number of thiazole rings is 1. The minimum atomic E-state index is -0.938. The first-order chi connectivity index (χ1) is 8.18. The highest BCUT2D eigenvalue weighted by Crippen LogP contribution is 2.17. The second-order valence-electron chi connectivity index (χ2n) is 3.77. The van der Waals surface area contributed by atoms with Crippen LogP contribution in [0.4, 0.5) is 4.79 Å².